The minimum atomic E-state index is -2.85. The van der Waals surface area contributed by atoms with E-state index in [1.54, 1.807) is 6.07 Å². The number of aromatic nitrogens is 1. The number of Topliss-reactive ketones (excluding diaryl/α,β-unsaturated/α-hetero) is 1. The number of benzene rings is 1. The smallest absolute Gasteiger partial charge is 0.199 e. The number of hydrogen-bond donors (Lipinski definition) is 1. The third-order valence-corrected chi connectivity index (χ3v) is 4.20. The molecule has 1 aromatic heterocycles. The fourth-order valence-electron chi connectivity index (χ4n) is 2.64. The van der Waals surface area contributed by atoms with E-state index in [9.17, 15) is 22.0 Å². The molecule has 25 heavy (non-hydrogen) atoms. The van der Waals surface area contributed by atoms with Crippen LogP contribution in [-0.2, 0) is 22.9 Å². The van der Waals surface area contributed by atoms with Crippen molar-refractivity contribution >= 4 is 16.5 Å². The topological polar surface area (TPSA) is 97.1 Å². The van der Waals surface area contributed by atoms with Crippen molar-refractivity contribution in [2.45, 2.75) is 18.3 Å². The molecule has 0 aliphatic heterocycles. The van der Waals surface area contributed by atoms with Crippen LogP contribution < -0.4 is 4.74 Å². The number of ketones is 1. The molecular formula is C16H10F2N2O4S. The number of thiol groups is 1. The van der Waals surface area contributed by atoms with Gasteiger partial charge in [0.05, 0.1) is 34.8 Å². The summed E-state index contributed by atoms with van der Waals surface area (Å²) in [6.07, 6.45) is -0.934. The van der Waals surface area contributed by atoms with Gasteiger partial charge in [0, 0.05) is 18.1 Å². The molecule has 0 spiro atoms. The third kappa shape index (κ3) is 3.34. The maximum absolute atomic E-state index is 13.8. The number of ether oxygens (including phenoxy) is 1. The zero-order chi connectivity index (χ0) is 18.1. The molecule has 0 saturated heterocycles. The highest BCUT2D eigenvalue weighted by Crippen LogP contribution is 2.36. The SMILES string of the molecule is N#Cc1cc(F)cc(Oc2cnc(C[SH](=O)=O)c3c2CC(F)C3=O)c1. The quantitative estimate of drug-likeness (QED) is 0.834. The monoisotopic (exact) mass is 364 g/mol. The number of pyridine rings is 1. The van der Waals surface area contributed by atoms with E-state index in [1.165, 1.54) is 6.07 Å². The Morgan fingerprint density at radius 3 is 2.80 bits per heavy atom. The lowest BCUT2D eigenvalue weighted by Crippen LogP contribution is -2.11. The minimum Gasteiger partial charge on any atom is -0.455 e. The van der Waals surface area contributed by atoms with Crippen LogP contribution in [0.1, 0.15) is 27.2 Å². The fraction of sp³-hybridized carbons (Fsp3) is 0.188. The summed E-state index contributed by atoms with van der Waals surface area (Å²) in [5, 5.41) is 8.86. The predicted molar refractivity (Wildman–Crippen MR) is 82.4 cm³/mol. The Morgan fingerprint density at radius 2 is 2.12 bits per heavy atom. The molecule has 1 aliphatic carbocycles. The number of alkyl halides is 1. The van der Waals surface area contributed by atoms with Crippen LogP contribution in [0.25, 0.3) is 0 Å². The Bertz CT molecular complexity index is 990. The number of hydrogen-bond acceptors (Lipinski definition) is 6. The molecule has 0 fully saturated rings. The Morgan fingerprint density at radius 1 is 1.36 bits per heavy atom. The van der Waals surface area contributed by atoms with E-state index in [0.29, 0.717) is 0 Å². The van der Waals surface area contributed by atoms with Gasteiger partial charge < -0.3 is 4.74 Å². The van der Waals surface area contributed by atoms with Gasteiger partial charge in [0.15, 0.2) is 12.0 Å². The van der Waals surface area contributed by atoms with Crippen LogP contribution in [0.3, 0.4) is 0 Å². The average molecular weight is 364 g/mol. The molecule has 128 valence electrons. The molecule has 2 aromatic rings. The lowest BCUT2D eigenvalue weighted by molar-refractivity contribution is 0.0898. The van der Waals surface area contributed by atoms with Crippen molar-refractivity contribution in [2.75, 3.05) is 0 Å². The number of rotatable bonds is 4. The van der Waals surface area contributed by atoms with Crippen molar-refractivity contribution < 1.29 is 26.7 Å². The summed E-state index contributed by atoms with van der Waals surface area (Å²) in [6, 6.07) is 5.10. The van der Waals surface area contributed by atoms with Crippen molar-refractivity contribution in [2.24, 2.45) is 0 Å². The largest absolute Gasteiger partial charge is 0.455 e. The summed E-state index contributed by atoms with van der Waals surface area (Å²) in [6.45, 7) is 0. The molecule has 0 radical (unpaired) electrons. The maximum Gasteiger partial charge on any atom is 0.199 e. The van der Waals surface area contributed by atoms with Gasteiger partial charge in [0.1, 0.15) is 28.0 Å². The average Bonchev–Trinajstić information content (AvgIpc) is 2.85. The minimum absolute atomic E-state index is 0.0158. The van der Waals surface area contributed by atoms with Gasteiger partial charge in [-0.1, -0.05) is 0 Å². The van der Waals surface area contributed by atoms with Gasteiger partial charge in [0.25, 0.3) is 0 Å². The standard InChI is InChI=1S/C16H10F2N2O4S/c17-9-1-8(5-19)2-10(3-9)24-14-6-20-13(7-25(22)23)15-11(14)4-12(18)16(15)21/h1-3,6,12,25H,4,7H2. The van der Waals surface area contributed by atoms with Crippen molar-refractivity contribution in [3.63, 3.8) is 0 Å². The van der Waals surface area contributed by atoms with Gasteiger partial charge in [-0.2, -0.15) is 5.26 Å². The summed E-state index contributed by atoms with van der Waals surface area (Å²) in [7, 11) is -2.85. The summed E-state index contributed by atoms with van der Waals surface area (Å²) in [5.74, 6) is -2.04. The zero-order valence-corrected chi connectivity index (χ0v) is 13.4. The van der Waals surface area contributed by atoms with E-state index in [-0.39, 0.29) is 40.3 Å². The summed E-state index contributed by atoms with van der Waals surface area (Å²) in [5.41, 5.74) is 0.0582. The second-order valence-corrected chi connectivity index (χ2v) is 6.32. The molecule has 0 N–H and O–H groups in total. The first kappa shape index (κ1) is 17.0. The van der Waals surface area contributed by atoms with Crippen LogP contribution in [0.4, 0.5) is 8.78 Å². The van der Waals surface area contributed by atoms with Crippen LogP contribution >= 0.6 is 0 Å². The van der Waals surface area contributed by atoms with Crippen LogP contribution in [0.5, 0.6) is 11.5 Å². The molecule has 1 atom stereocenters. The molecule has 0 bridgehead atoms. The Balaban J connectivity index is 2.06. The first-order valence-electron chi connectivity index (χ1n) is 7.08. The summed E-state index contributed by atoms with van der Waals surface area (Å²) < 4.78 is 54.7. The molecule has 3 rings (SSSR count). The Labute approximate surface area is 142 Å². The van der Waals surface area contributed by atoms with E-state index in [2.05, 4.69) is 4.98 Å². The van der Waals surface area contributed by atoms with Gasteiger partial charge >= 0.3 is 0 Å². The van der Waals surface area contributed by atoms with Gasteiger partial charge in [-0.15, -0.1) is 0 Å². The molecular weight excluding hydrogens is 354 g/mol. The van der Waals surface area contributed by atoms with E-state index in [4.69, 9.17) is 10.00 Å². The molecule has 0 amide bonds. The van der Waals surface area contributed by atoms with Crippen LogP contribution in [0, 0.1) is 17.1 Å². The normalized spacial score (nSPS) is 15.9. The van der Waals surface area contributed by atoms with Gasteiger partial charge in [-0.05, 0) is 12.1 Å². The molecule has 0 saturated carbocycles. The fourth-order valence-corrected chi connectivity index (χ4v) is 3.13. The van der Waals surface area contributed by atoms with E-state index >= 15 is 0 Å². The highest BCUT2D eigenvalue weighted by atomic mass is 32.2. The predicted octanol–water partition coefficient (Wildman–Crippen LogP) is 2.07. The number of halogens is 2. The molecule has 1 unspecified atom stereocenters. The van der Waals surface area contributed by atoms with Crippen molar-refractivity contribution in [1.82, 2.24) is 4.98 Å². The number of nitriles is 1. The number of carbonyl (C=O) groups is 1. The maximum atomic E-state index is 13.8. The van der Waals surface area contributed by atoms with E-state index in [0.717, 1.165) is 18.3 Å². The van der Waals surface area contributed by atoms with Gasteiger partial charge in [-0.3, -0.25) is 9.78 Å². The second kappa shape index (κ2) is 6.57. The lowest BCUT2D eigenvalue weighted by Gasteiger charge is -2.11. The second-order valence-electron chi connectivity index (χ2n) is 5.34. The van der Waals surface area contributed by atoms with Crippen LogP contribution in [0.15, 0.2) is 24.4 Å². The number of fused-ring (bicyclic) bond motifs is 1. The first-order valence-corrected chi connectivity index (χ1v) is 8.44. The Kier molecular flexibility index (Phi) is 4.46. The number of carbonyl (C=O) groups excluding carboxylic acids is 1. The third-order valence-electron chi connectivity index (χ3n) is 3.65. The van der Waals surface area contributed by atoms with Crippen molar-refractivity contribution in [3.8, 4) is 17.6 Å². The Hall–Kier alpha value is -2.86. The first-order chi connectivity index (χ1) is 11.9. The highest BCUT2D eigenvalue weighted by molar-refractivity contribution is 7.71. The summed E-state index contributed by atoms with van der Waals surface area (Å²) >= 11 is 0. The molecule has 6 nitrogen and oxygen atoms in total. The number of nitrogens with zero attached hydrogens (tertiary/aromatic N) is 2. The zero-order valence-electron chi connectivity index (χ0n) is 12.5. The molecule has 1 aromatic carbocycles. The molecule has 9 heteroatoms. The molecule has 1 heterocycles. The van der Waals surface area contributed by atoms with Crippen molar-refractivity contribution in [1.29, 1.82) is 5.26 Å². The van der Waals surface area contributed by atoms with E-state index in [1.807, 2.05) is 0 Å². The van der Waals surface area contributed by atoms with Crippen molar-refractivity contribution in [3.05, 3.63) is 52.6 Å². The van der Waals surface area contributed by atoms with Crippen LogP contribution in [0.2, 0.25) is 0 Å². The van der Waals surface area contributed by atoms with Gasteiger partial charge in [0.2, 0.25) is 0 Å². The highest BCUT2D eigenvalue weighted by Gasteiger charge is 2.36. The van der Waals surface area contributed by atoms with E-state index < -0.39 is 34.2 Å². The summed E-state index contributed by atoms with van der Waals surface area (Å²) in [4.78, 5) is 15.9. The lowest BCUT2D eigenvalue weighted by atomic mass is 10.1. The van der Waals surface area contributed by atoms with Crippen LogP contribution in [-0.4, -0.2) is 25.4 Å². The molecule has 1 aliphatic rings. The van der Waals surface area contributed by atoms with Gasteiger partial charge in [-0.25, -0.2) is 17.2 Å².